The molecule has 24 heavy (non-hydrogen) atoms. The van der Waals surface area contributed by atoms with E-state index in [1.54, 1.807) is 24.3 Å². The Kier molecular flexibility index (Phi) is 3.35. The Balaban J connectivity index is 1.72. The number of fused-ring (bicyclic) bond motifs is 1. The lowest BCUT2D eigenvalue weighted by Gasteiger charge is -2.21. The molecule has 0 N–H and O–H groups in total. The number of hydrogen-bond donors (Lipinski definition) is 0. The molecule has 7 heteroatoms. The molecule has 0 aromatic heterocycles. The average Bonchev–Trinajstić information content (AvgIpc) is 3.08. The van der Waals surface area contributed by atoms with Gasteiger partial charge in [-0.3, -0.25) is 9.59 Å². The Labute approximate surface area is 143 Å². The van der Waals surface area contributed by atoms with Crippen molar-refractivity contribution in [1.29, 1.82) is 0 Å². The van der Waals surface area contributed by atoms with Crippen LogP contribution in [-0.2, 0) is 9.59 Å². The normalized spacial score (nSPS) is 22.4. The Hall–Kier alpha value is -2.73. The van der Waals surface area contributed by atoms with Crippen molar-refractivity contribution in [2.75, 3.05) is 9.91 Å². The van der Waals surface area contributed by atoms with Crippen LogP contribution in [0.4, 0.5) is 11.4 Å². The van der Waals surface area contributed by atoms with Crippen LogP contribution < -0.4 is 9.91 Å². The van der Waals surface area contributed by atoms with E-state index in [0.717, 1.165) is 16.2 Å². The zero-order chi connectivity index (χ0) is 16.8. The molecule has 1 saturated heterocycles. The summed E-state index contributed by atoms with van der Waals surface area (Å²) < 4.78 is 0. The van der Waals surface area contributed by atoms with Crippen LogP contribution in [0.1, 0.15) is 5.56 Å². The lowest BCUT2D eigenvalue weighted by atomic mass is 10.1. The van der Waals surface area contributed by atoms with Gasteiger partial charge in [-0.05, 0) is 42.8 Å². The number of carbonyl (C=O) groups excluding carboxylic acids is 2. The second-order valence-corrected chi connectivity index (χ2v) is 6.21. The van der Waals surface area contributed by atoms with Gasteiger partial charge in [0.15, 0.2) is 12.1 Å². The van der Waals surface area contributed by atoms with E-state index < -0.39 is 12.1 Å². The van der Waals surface area contributed by atoms with E-state index in [4.69, 9.17) is 11.6 Å². The number of carbonyl (C=O) groups is 2. The summed E-state index contributed by atoms with van der Waals surface area (Å²) in [4.78, 5) is 26.7. The minimum Gasteiger partial charge on any atom is -0.271 e. The minimum absolute atomic E-state index is 0.348. The standard InChI is InChI=1S/C17H13ClN4O2/c1-10-4-2-7-13(8-10)22-15-14(19-20-22)16(23)21(17(15)24)12-6-3-5-11(18)9-12/h2-9,14-15H,1H3. The first-order valence-electron chi connectivity index (χ1n) is 7.46. The van der Waals surface area contributed by atoms with Gasteiger partial charge in [0.2, 0.25) is 0 Å². The van der Waals surface area contributed by atoms with Gasteiger partial charge in [0, 0.05) is 5.02 Å². The molecule has 2 aromatic rings. The summed E-state index contributed by atoms with van der Waals surface area (Å²) in [6.07, 6.45) is 0. The number of benzene rings is 2. The first-order valence-corrected chi connectivity index (χ1v) is 7.84. The summed E-state index contributed by atoms with van der Waals surface area (Å²) in [5.41, 5.74) is 2.22. The van der Waals surface area contributed by atoms with Gasteiger partial charge in [-0.2, -0.15) is 5.11 Å². The molecule has 2 atom stereocenters. The molecule has 1 fully saturated rings. The highest BCUT2D eigenvalue weighted by molar-refractivity contribution is 6.31. The Morgan fingerprint density at radius 3 is 2.50 bits per heavy atom. The molecule has 2 unspecified atom stereocenters. The number of nitrogens with zero attached hydrogens (tertiary/aromatic N) is 4. The summed E-state index contributed by atoms with van der Waals surface area (Å²) in [6, 6.07) is 12.7. The second kappa shape index (κ2) is 5.42. The van der Waals surface area contributed by atoms with Crippen LogP contribution in [0.2, 0.25) is 5.02 Å². The highest BCUT2D eigenvalue weighted by Crippen LogP contribution is 2.35. The van der Waals surface area contributed by atoms with Gasteiger partial charge in [-0.25, -0.2) is 9.91 Å². The molecule has 2 aliphatic rings. The largest absolute Gasteiger partial charge is 0.271 e. The van der Waals surface area contributed by atoms with Gasteiger partial charge in [0.25, 0.3) is 11.8 Å². The van der Waals surface area contributed by atoms with Crippen molar-refractivity contribution in [2.24, 2.45) is 10.3 Å². The van der Waals surface area contributed by atoms with Gasteiger partial charge in [0.05, 0.1) is 11.4 Å². The molecule has 0 spiro atoms. The fourth-order valence-electron chi connectivity index (χ4n) is 3.01. The molecule has 0 saturated carbocycles. The fourth-order valence-corrected chi connectivity index (χ4v) is 3.20. The van der Waals surface area contributed by atoms with Crippen LogP contribution in [0.15, 0.2) is 58.9 Å². The summed E-state index contributed by atoms with van der Waals surface area (Å²) in [7, 11) is 0. The van der Waals surface area contributed by atoms with Crippen molar-refractivity contribution in [3.8, 4) is 0 Å². The van der Waals surface area contributed by atoms with E-state index in [0.29, 0.717) is 10.7 Å². The van der Waals surface area contributed by atoms with Crippen LogP contribution in [0.25, 0.3) is 0 Å². The highest BCUT2D eigenvalue weighted by atomic mass is 35.5. The quantitative estimate of drug-likeness (QED) is 0.789. The smallest absolute Gasteiger partial charge is 0.263 e. The summed E-state index contributed by atoms with van der Waals surface area (Å²) >= 11 is 5.98. The van der Waals surface area contributed by atoms with Gasteiger partial charge >= 0.3 is 0 Å². The first kappa shape index (κ1) is 14.8. The lowest BCUT2D eigenvalue weighted by molar-refractivity contribution is -0.121. The molecular formula is C17H13ClN4O2. The third-order valence-corrected chi connectivity index (χ3v) is 4.35. The predicted octanol–water partition coefficient (Wildman–Crippen LogP) is 3.15. The Morgan fingerprint density at radius 2 is 1.75 bits per heavy atom. The number of rotatable bonds is 2. The average molecular weight is 341 g/mol. The number of hydrogen-bond acceptors (Lipinski definition) is 5. The SMILES string of the molecule is Cc1cccc(N2N=NC3C(=O)N(c4cccc(Cl)c4)C(=O)C32)c1. The maximum atomic E-state index is 12.9. The third kappa shape index (κ3) is 2.18. The number of aryl methyl sites for hydroxylation is 1. The van der Waals surface area contributed by atoms with E-state index in [9.17, 15) is 9.59 Å². The van der Waals surface area contributed by atoms with Crippen LogP contribution >= 0.6 is 11.6 Å². The molecule has 2 heterocycles. The van der Waals surface area contributed by atoms with E-state index in [2.05, 4.69) is 10.3 Å². The summed E-state index contributed by atoms with van der Waals surface area (Å²) in [5, 5.41) is 10.0. The van der Waals surface area contributed by atoms with E-state index in [1.807, 2.05) is 31.2 Å². The highest BCUT2D eigenvalue weighted by Gasteiger charge is 2.55. The van der Waals surface area contributed by atoms with E-state index in [-0.39, 0.29) is 11.8 Å². The predicted molar refractivity (Wildman–Crippen MR) is 90.0 cm³/mol. The summed E-state index contributed by atoms with van der Waals surface area (Å²) in [6.45, 7) is 1.95. The number of amides is 2. The molecule has 0 aliphatic carbocycles. The van der Waals surface area contributed by atoms with Crippen molar-refractivity contribution >= 4 is 34.8 Å². The van der Waals surface area contributed by atoms with Crippen molar-refractivity contribution in [3.63, 3.8) is 0 Å². The van der Waals surface area contributed by atoms with Crippen molar-refractivity contribution in [2.45, 2.75) is 19.0 Å². The van der Waals surface area contributed by atoms with Gasteiger partial charge in [-0.15, -0.1) is 0 Å². The number of halogens is 1. The first-order chi connectivity index (χ1) is 11.6. The Morgan fingerprint density at radius 1 is 1.00 bits per heavy atom. The zero-order valence-electron chi connectivity index (χ0n) is 12.8. The maximum absolute atomic E-state index is 12.9. The van der Waals surface area contributed by atoms with Crippen LogP contribution in [0.3, 0.4) is 0 Å². The molecule has 0 radical (unpaired) electrons. The second-order valence-electron chi connectivity index (χ2n) is 5.77. The zero-order valence-corrected chi connectivity index (χ0v) is 13.5. The lowest BCUT2D eigenvalue weighted by Crippen LogP contribution is -2.39. The van der Waals surface area contributed by atoms with Gasteiger partial charge in [0.1, 0.15) is 0 Å². The number of anilines is 2. The third-order valence-electron chi connectivity index (χ3n) is 4.11. The summed E-state index contributed by atoms with van der Waals surface area (Å²) in [5.74, 6) is -0.732. The Bertz CT molecular complexity index is 882. The molecule has 6 nitrogen and oxygen atoms in total. The van der Waals surface area contributed by atoms with E-state index >= 15 is 0 Å². The molecule has 4 rings (SSSR count). The van der Waals surface area contributed by atoms with Crippen LogP contribution in [0.5, 0.6) is 0 Å². The molecule has 120 valence electrons. The molecule has 2 amide bonds. The van der Waals surface area contributed by atoms with E-state index in [1.165, 1.54) is 5.01 Å². The maximum Gasteiger partial charge on any atom is 0.263 e. The van der Waals surface area contributed by atoms with Crippen LogP contribution in [0, 0.1) is 6.92 Å². The molecule has 0 bridgehead atoms. The molecule has 2 aliphatic heterocycles. The molecular weight excluding hydrogens is 328 g/mol. The van der Waals surface area contributed by atoms with Crippen molar-refractivity contribution in [3.05, 3.63) is 59.1 Å². The molecule has 2 aromatic carbocycles. The fraction of sp³-hybridized carbons (Fsp3) is 0.176. The number of imide groups is 1. The van der Waals surface area contributed by atoms with Gasteiger partial charge in [-0.1, -0.05) is 35.0 Å². The topological polar surface area (TPSA) is 65.3 Å². The van der Waals surface area contributed by atoms with Crippen molar-refractivity contribution < 1.29 is 9.59 Å². The van der Waals surface area contributed by atoms with Crippen LogP contribution in [-0.4, -0.2) is 23.9 Å². The minimum atomic E-state index is -0.822. The monoisotopic (exact) mass is 340 g/mol. The van der Waals surface area contributed by atoms with Gasteiger partial charge < -0.3 is 0 Å². The van der Waals surface area contributed by atoms with Crippen molar-refractivity contribution in [1.82, 2.24) is 0 Å².